The molecule has 2 aliphatic rings. The van der Waals surface area contributed by atoms with Crippen molar-refractivity contribution in [1.82, 2.24) is 35.3 Å². The molecule has 1 unspecified atom stereocenters. The Bertz CT molecular complexity index is 1130. The highest BCUT2D eigenvalue weighted by molar-refractivity contribution is 5.71. The molecule has 0 spiro atoms. The first kappa shape index (κ1) is 20.6. The van der Waals surface area contributed by atoms with Crippen LogP contribution in [-0.2, 0) is 7.05 Å². The molecule has 3 N–H and O–H groups in total. The van der Waals surface area contributed by atoms with Crippen molar-refractivity contribution in [3.8, 4) is 0 Å². The fourth-order valence-corrected chi connectivity index (χ4v) is 3.99. The molecule has 0 amide bonds. The fourth-order valence-electron chi connectivity index (χ4n) is 3.99. The summed E-state index contributed by atoms with van der Waals surface area (Å²) >= 11 is 0. The Balaban J connectivity index is 1.46. The first-order valence-electron chi connectivity index (χ1n) is 10.9. The third-order valence-corrected chi connectivity index (χ3v) is 5.73. The maximum absolute atomic E-state index is 14.5. The molecule has 0 bridgehead atoms. The zero-order valence-electron chi connectivity index (χ0n) is 18.4. The van der Waals surface area contributed by atoms with E-state index in [1.807, 2.05) is 0 Å². The molecule has 0 aromatic carbocycles. The summed E-state index contributed by atoms with van der Waals surface area (Å²) in [6.45, 7) is 6.41. The maximum Gasteiger partial charge on any atom is 0.230 e. The molecule has 11 heteroatoms. The van der Waals surface area contributed by atoms with Crippen molar-refractivity contribution in [2.75, 3.05) is 35.2 Å². The van der Waals surface area contributed by atoms with E-state index in [1.54, 1.807) is 32.4 Å². The second-order valence-electron chi connectivity index (χ2n) is 8.47. The Hall–Kier alpha value is -3.34. The van der Waals surface area contributed by atoms with Crippen LogP contribution >= 0.6 is 0 Å². The molecule has 1 saturated carbocycles. The van der Waals surface area contributed by atoms with Crippen LogP contribution in [0.4, 0.5) is 33.5 Å². The second-order valence-corrected chi connectivity index (χ2v) is 8.47. The summed E-state index contributed by atoms with van der Waals surface area (Å²) in [6, 6.07) is 2.13. The Morgan fingerprint density at radius 3 is 2.72 bits per heavy atom. The Morgan fingerprint density at radius 2 is 2.00 bits per heavy atom. The summed E-state index contributed by atoms with van der Waals surface area (Å²) in [5.74, 6) is 2.20. The third kappa shape index (κ3) is 4.33. The SMILES string of the molecule is Cc1nc(Nc2ncc(N3CCNC(C)C3)c(Nc3cnn(C)n3)n2)cc(C2CC2)c1F. The smallest absolute Gasteiger partial charge is 0.230 e. The van der Waals surface area contributed by atoms with Crippen LogP contribution in [0.25, 0.3) is 0 Å². The van der Waals surface area contributed by atoms with Crippen molar-refractivity contribution in [3.63, 3.8) is 0 Å². The summed E-state index contributed by atoms with van der Waals surface area (Å²) in [6.07, 6.45) is 5.47. The van der Waals surface area contributed by atoms with Crippen molar-refractivity contribution in [2.24, 2.45) is 7.05 Å². The van der Waals surface area contributed by atoms with Crippen LogP contribution in [0, 0.1) is 12.7 Å². The zero-order valence-corrected chi connectivity index (χ0v) is 18.4. The van der Waals surface area contributed by atoms with Gasteiger partial charge in [0.2, 0.25) is 5.95 Å². The summed E-state index contributed by atoms with van der Waals surface area (Å²) < 4.78 is 14.5. The highest BCUT2D eigenvalue weighted by Gasteiger charge is 2.28. The summed E-state index contributed by atoms with van der Waals surface area (Å²) in [5.41, 5.74) is 1.97. The van der Waals surface area contributed by atoms with Gasteiger partial charge in [0.1, 0.15) is 11.6 Å². The Labute approximate surface area is 185 Å². The molecule has 4 heterocycles. The average Bonchev–Trinajstić information content (AvgIpc) is 3.52. The van der Waals surface area contributed by atoms with Gasteiger partial charge < -0.3 is 20.9 Å². The number of nitrogens with zero attached hydrogens (tertiary/aromatic N) is 7. The second kappa shape index (κ2) is 8.30. The van der Waals surface area contributed by atoms with Crippen molar-refractivity contribution < 1.29 is 4.39 Å². The number of halogens is 1. The van der Waals surface area contributed by atoms with Crippen LogP contribution in [-0.4, -0.2) is 55.6 Å². The molecule has 32 heavy (non-hydrogen) atoms. The van der Waals surface area contributed by atoms with Crippen LogP contribution in [0.5, 0.6) is 0 Å². The Kier molecular flexibility index (Phi) is 5.33. The molecule has 1 aliphatic heterocycles. The van der Waals surface area contributed by atoms with Gasteiger partial charge in [0.05, 0.1) is 23.8 Å². The molecule has 5 rings (SSSR count). The molecular weight excluding hydrogens is 411 g/mol. The number of anilines is 5. The monoisotopic (exact) mass is 438 g/mol. The first-order chi connectivity index (χ1) is 15.5. The van der Waals surface area contributed by atoms with Gasteiger partial charge in [0.25, 0.3) is 0 Å². The zero-order chi connectivity index (χ0) is 22.2. The molecular formula is C21H27FN10. The van der Waals surface area contributed by atoms with Gasteiger partial charge in [-0.05, 0) is 44.2 Å². The standard InChI is InChI=1S/C21H27FN10/c1-12-11-32(7-6-23-12)16-9-24-21(29-20(16)27-18-10-25-31(3)30-18)28-17-8-15(14-4-5-14)19(22)13(2)26-17/h8-10,12,14,23H,4-7,11H2,1-3H3,(H2,24,26,27,28,29,30). The van der Waals surface area contributed by atoms with Gasteiger partial charge in [-0.3, -0.25) is 0 Å². The molecule has 3 aromatic heterocycles. The number of pyridine rings is 1. The van der Waals surface area contributed by atoms with Crippen molar-refractivity contribution in [2.45, 2.75) is 38.6 Å². The van der Waals surface area contributed by atoms with E-state index in [2.05, 4.69) is 47.9 Å². The van der Waals surface area contributed by atoms with Gasteiger partial charge in [-0.15, -0.1) is 5.10 Å². The molecule has 3 aromatic rings. The quantitative estimate of drug-likeness (QED) is 0.535. The number of rotatable bonds is 6. The van der Waals surface area contributed by atoms with Crippen molar-refractivity contribution in [1.29, 1.82) is 0 Å². The van der Waals surface area contributed by atoms with Gasteiger partial charge in [-0.2, -0.15) is 14.9 Å². The van der Waals surface area contributed by atoms with Crippen LogP contribution in [0.1, 0.15) is 36.9 Å². The molecule has 1 aliphatic carbocycles. The van der Waals surface area contributed by atoms with E-state index < -0.39 is 0 Å². The number of aromatic nitrogens is 6. The van der Waals surface area contributed by atoms with Gasteiger partial charge in [-0.25, -0.2) is 14.4 Å². The molecule has 1 saturated heterocycles. The summed E-state index contributed by atoms with van der Waals surface area (Å²) in [5, 5.41) is 18.3. The lowest BCUT2D eigenvalue weighted by atomic mass is 10.1. The lowest BCUT2D eigenvalue weighted by Crippen LogP contribution is -2.49. The number of hydrogen-bond donors (Lipinski definition) is 3. The largest absolute Gasteiger partial charge is 0.364 e. The van der Waals surface area contributed by atoms with Gasteiger partial charge >= 0.3 is 0 Å². The van der Waals surface area contributed by atoms with Crippen LogP contribution in [0.15, 0.2) is 18.5 Å². The predicted molar refractivity (Wildman–Crippen MR) is 120 cm³/mol. The minimum Gasteiger partial charge on any atom is -0.364 e. The Morgan fingerprint density at radius 1 is 1.16 bits per heavy atom. The van der Waals surface area contributed by atoms with E-state index in [9.17, 15) is 4.39 Å². The molecule has 2 fully saturated rings. The van der Waals surface area contributed by atoms with E-state index in [0.717, 1.165) is 38.2 Å². The van der Waals surface area contributed by atoms with Gasteiger partial charge in [-0.1, -0.05) is 0 Å². The highest BCUT2D eigenvalue weighted by atomic mass is 19.1. The highest BCUT2D eigenvalue weighted by Crippen LogP contribution is 2.42. The maximum atomic E-state index is 14.5. The molecule has 0 radical (unpaired) electrons. The average molecular weight is 439 g/mol. The van der Waals surface area contributed by atoms with Crippen molar-refractivity contribution in [3.05, 3.63) is 35.5 Å². The lowest BCUT2D eigenvalue weighted by molar-refractivity contribution is 0.484. The minimum absolute atomic E-state index is 0.216. The summed E-state index contributed by atoms with van der Waals surface area (Å²) in [7, 11) is 1.76. The van der Waals surface area contributed by atoms with E-state index in [-0.39, 0.29) is 11.7 Å². The summed E-state index contributed by atoms with van der Waals surface area (Å²) in [4.78, 5) is 17.3. The van der Waals surface area contributed by atoms with Crippen LogP contribution < -0.4 is 20.9 Å². The first-order valence-corrected chi connectivity index (χ1v) is 10.9. The number of piperazine rings is 1. The topological polar surface area (TPSA) is 109 Å². The molecule has 168 valence electrons. The van der Waals surface area contributed by atoms with E-state index >= 15 is 0 Å². The number of nitrogens with one attached hydrogen (secondary N) is 3. The van der Waals surface area contributed by atoms with Gasteiger partial charge in [0.15, 0.2) is 11.6 Å². The molecule has 10 nitrogen and oxygen atoms in total. The normalized spacial score (nSPS) is 18.6. The number of hydrogen-bond acceptors (Lipinski definition) is 9. The third-order valence-electron chi connectivity index (χ3n) is 5.73. The molecule has 1 atom stereocenters. The van der Waals surface area contributed by atoms with E-state index in [4.69, 9.17) is 4.98 Å². The minimum atomic E-state index is -0.216. The van der Waals surface area contributed by atoms with Gasteiger partial charge in [0, 0.05) is 32.7 Å². The lowest BCUT2D eigenvalue weighted by Gasteiger charge is -2.34. The van der Waals surface area contributed by atoms with E-state index in [0.29, 0.717) is 40.7 Å². The van der Waals surface area contributed by atoms with Crippen LogP contribution in [0.3, 0.4) is 0 Å². The predicted octanol–water partition coefficient (Wildman–Crippen LogP) is 2.61. The van der Waals surface area contributed by atoms with Crippen molar-refractivity contribution >= 4 is 29.1 Å². The number of aryl methyl sites for hydroxylation is 2. The van der Waals surface area contributed by atoms with Crippen LogP contribution in [0.2, 0.25) is 0 Å². The van der Waals surface area contributed by atoms with E-state index in [1.165, 1.54) is 4.80 Å². The fraction of sp³-hybridized carbons (Fsp3) is 0.476.